The number of nitrogens with two attached hydrogens (primary N) is 1. The summed E-state index contributed by atoms with van der Waals surface area (Å²) in [7, 11) is 1.62. The SMILES string of the molecule is COc1cc(C)c2c(ccn2C(=O)OC(C)(C)C)c1CN. The molecule has 0 saturated carbocycles. The third-order valence-corrected chi connectivity index (χ3v) is 3.24. The minimum Gasteiger partial charge on any atom is -0.496 e. The standard InChI is InChI=1S/C16H22N2O3/c1-10-8-13(20-5)12(9-17)11-6-7-18(14(10)11)15(19)21-16(2,3)4/h6-8H,9,17H2,1-5H3. The third-order valence-electron chi connectivity index (χ3n) is 3.24. The predicted molar refractivity (Wildman–Crippen MR) is 82.8 cm³/mol. The Kier molecular flexibility index (Phi) is 3.96. The smallest absolute Gasteiger partial charge is 0.419 e. The quantitative estimate of drug-likeness (QED) is 0.922. The number of hydrogen-bond acceptors (Lipinski definition) is 4. The second-order valence-corrected chi connectivity index (χ2v) is 6.01. The van der Waals surface area contributed by atoms with Crippen molar-refractivity contribution in [2.24, 2.45) is 5.73 Å². The van der Waals surface area contributed by atoms with Crippen LogP contribution in [0.4, 0.5) is 4.79 Å². The fraction of sp³-hybridized carbons (Fsp3) is 0.438. The van der Waals surface area contributed by atoms with Gasteiger partial charge in [-0.1, -0.05) is 0 Å². The van der Waals surface area contributed by atoms with Crippen molar-refractivity contribution in [3.05, 3.63) is 29.5 Å². The summed E-state index contributed by atoms with van der Waals surface area (Å²) in [6.45, 7) is 7.82. The zero-order valence-corrected chi connectivity index (χ0v) is 13.2. The Hall–Kier alpha value is -2.01. The second-order valence-electron chi connectivity index (χ2n) is 6.01. The van der Waals surface area contributed by atoms with Crippen molar-refractivity contribution in [2.45, 2.75) is 39.8 Å². The molecule has 114 valence electrons. The van der Waals surface area contributed by atoms with E-state index < -0.39 is 11.7 Å². The molecule has 0 aliphatic heterocycles. The van der Waals surface area contributed by atoms with Crippen LogP contribution in [0.15, 0.2) is 18.3 Å². The van der Waals surface area contributed by atoms with Crippen molar-refractivity contribution in [3.63, 3.8) is 0 Å². The molecule has 2 rings (SSSR count). The van der Waals surface area contributed by atoms with Crippen molar-refractivity contribution in [2.75, 3.05) is 7.11 Å². The van der Waals surface area contributed by atoms with Crippen LogP contribution in [-0.4, -0.2) is 23.4 Å². The van der Waals surface area contributed by atoms with Crippen molar-refractivity contribution < 1.29 is 14.3 Å². The monoisotopic (exact) mass is 290 g/mol. The summed E-state index contributed by atoms with van der Waals surface area (Å²) >= 11 is 0. The molecule has 21 heavy (non-hydrogen) atoms. The van der Waals surface area contributed by atoms with Crippen LogP contribution in [-0.2, 0) is 11.3 Å². The van der Waals surface area contributed by atoms with E-state index in [0.717, 1.165) is 27.8 Å². The fourth-order valence-electron chi connectivity index (χ4n) is 2.42. The molecule has 2 aromatic rings. The molecule has 0 spiro atoms. The number of carbonyl (C=O) groups excluding carboxylic acids is 1. The lowest BCUT2D eigenvalue weighted by atomic mass is 10.1. The summed E-state index contributed by atoms with van der Waals surface area (Å²) in [4.78, 5) is 12.3. The van der Waals surface area contributed by atoms with Crippen molar-refractivity contribution in [1.29, 1.82) is 0 Å². The zero-order chi connectivity index (χ0) is 15.8. The Labute approximate surface area is 124 Å². The van der Waals surface area contributed by atoms with Crippen molar-refractivity contribution >= 4 is 17.0 Å². The first-order valence-corrected chi connectivity index (χ1v) is 6.89. The summed E-state index contributed by atoms with van der Waals surface area (Å²) in [5.74, 6) is 0.740. The van der Waals surface area contributed by atoms with E-state index in [1.807, 2.05) is 39.8 Å². The van der Waals surface area contributed by atoms with Gasteiger partial charge in [-0.15, -0.1) is 0 Å². The number of ether oxygens (including phenoxy) is 2. The van der Waals surface area contributed by atoms with Crippen LogP contribution < -0.4 is 10.5 Å². The lowest BCUT2D eigenvalue weighted by molar-refractivity contribution is 0.0544. The van der Waals surface area contributed by atoms with Gasteiger partial charge >= 0.3 is 6.09 Å². The molecular formula is C16H22N2O3. The maximum atomic E-state index is 12.3. The largest absolute Gasteiger partial charge is 0.496 e. The van der Waals surface area contributed by atoms with Gasteiger partial charge in [-0.25, -0.2) is 4.79 Å². The average Bonchev–Trinajstić information content (AvgIpc) is 2.81. The highest BCUT2D eigenvalue weighted by atomic mass is 16.6. The van der Waals surface area contributed by atoms with Crippen LogP contribution in [0.25, 0.3) is 10.9 Å². The van der Waals surface area contributed by atoms with Crippen LogP contribution in [0.5, 0.6) is 5.75 Å². The van der Waals surface area contributed by atoms with Crippen LogP contribution in [0.2, 0.25) is 0 Å². The molecule has 5 nitrogen and oxygen atoms in total. The normalized spacial score (nSPS) is 11.7. The molecular weight excluding hydrogens is 268 g/mol. The molecule has 0 aliphatic rings. The van der Waals surface area contributed by atoms with Gasteiger partial charge in [0.2, 0.25) is 0 Å². The summed E-state index contributed by atoms with van der Waals surface area (Å²) in [5.41, 5.74) is 7.93. The maximum Gasteiger partial charge on any atom is 0.419 e. The molecule has 1 aromatic heterocycles. The molecule has 0 fully saturated rings. The van der Waals surface area contributed by atoms with Gasteiger partial charge < -0.3 is 15.2 Å². The first-order valence-electron chi connectivity index (χ1n) is 6.89. The number of methoxy groups -OCH3 is 1. The molecule has 5 heteroatoms. The zero-order valence-electron chi connectivity index (χ0n) is 13.2. The highest BCUT2D eigenvalue weighted by molar-refractivity contribution is 5.95. The van der Waals surface area contributed by atoms with Gasteiger partial charge in [-0.05, 0) is 45.4 Å². The van der Waals surface area contributed by atoms with Gasteiger partial charge in [-0.3, -0.25) is 4.57 Å². The number of rotatable bonds is 2. The average molecular weight is 290 g/mol. The van der Waals surface area contributed by atoms with Gasteiger partial charge in [0.25, 0.3) is 0 Å². The molecule has 0 aliphatic carbocycles. The first-order chi connectivity index (χ1) is 9.78. The van der Waals surface area contributed by atoms with E-state index in [-0.39, 0.29) is 0 Å². The summed E-state index contributed by atoms with van der Waals surface area (Å²) in [6, 6.07) is 3.77. The van der Waals surface area contributed by atoms with Gasteiger partial charge in [0.05, 0.1) is 12.6 Å². The molecule has 1 aromatic carbocycles. The van der Waals surface area contributed by atoms with Gasteiger partial charge in [0.15, 0.2) is 0 Å². The van der Waals surface area contributed by atoms with Crippen LogP contribution in [0, 0.1) is 6.92 Å². The van der Waals surface area contributed by atoms with Crippen LogP contribution in [0.3, 0.4) is 0 Å². The Bertz CT molecular complexity index is 681. The number of fused-ring (bicyclic) bond motifs is 1. The Morgan fingerprint density at radius 3 is 2.57 bits per heavy atom. The third kappa shape index (κ3) is 2.88. The van der Waals surface area contributed by atoms with Crippen molar-refractivity contribution in [3.8, 4) is 5.75 Å². The van der Waals surface area contributed by atoms with E-state index >= 15 is 0 Å². The van der Waals surface area contributed by atoms with Gasteiger partial charge in [-0.2, -0.15) is 0 Å². The highest BCUT2D eigenvalue weighted by Crippen LogP contribution is 2.32. The van der Waals surface area contributed by atoms with E-state index in [1.54, 1.807) is 13.3 Å². The second kappa shape index (κ2) is 5.41. The summed E-state index contributed by atoms with van der Waals surface area (Å²) in [6.07, 6.45) is 1.32. The summed E-state index contributed by atoms with van der Waals surface area (Å²) in [5, 5.41) is 0.917. The number of hydrogen-bond donors (Lipinski definition) is 1. The molecule has 0 unspecified atom stereocenters. The lowest BCUT2D eigenvalue weighted by Gasteiger charge is -2.20. The van der Waals surface area contributed by atoms with Gasteiger partial charge in [0.1, 0.15) is 11.4 Å². The first kappa shape index (κ1) is 15.4. The molecule has 0 amide bonds. The lowest BCUT2D eigenvalue weighted by Crippen LogP contribution is -2.26. The predicted octanol–water partition coefficient (Wildman–Crippen LogP) is 3.20. The Morgan fingerprint density at radius 1 is 1.38 bits per heavy atom. The molecule has 0 atom stereocenters. The number of nitrogens with zero attached hydrogens (tertiary/aromatic N) is 1. The van der Waals surface area contributed by atoms with E-state index in [9.17, 15) is 4.79 Å². The Morgan fingerprint density at radius 2 is 2.05 bits per heavy atom. The minimum atomic E-state index is -0.537. The topological polar surface area (TPSA) is 66.5 Å². The molecule has 2 N–H and O–H groups in total. The molecule has 1 heterocycles. The maximum absolute atomic E-state index is 12.3. The van der Waals surface area contributed by atoms with E-state index in [4.69, 9.17) is 15.2 Å². The number of aryl methyl sites for hydroxylation is 1. The molecule has 0 bridgehead atoms. The Balaban J connectivity index is 2.61. The van der Waals surface area contributed by atoms with E-state index in [2.05, 4.69) is 0 Å². The van der Waals surface area contributed by atoms with E-state index in [0.29, 0.717) is 6.54 Å². The van der Waals surface area contributed by atoms with Crippen molar-refractivity contribution in [1.82, 2.24) is 4.57 Å². The van der Waals surface area contributed by atoms with E-state index in [1.165, 1.54) is 4.57 Å². The minimum absolute atomic E-state index is 0.346. The summed E-state index contributed by atoms with van der Waals surface area (Å²) < 4.78 is 12.3. The molecule has 0 saturated heterocycles. The fourth-order valence-corrected chi connectivity index (χ4v) is 2.42. The molecule has 0 radical (unpaired) electrons. The number of benzene rings is 1. The number of aromatic nitrogens is 1. The van der Waals surface area contributed by atoms with Crippen LogP contribution >= 0.6 is 0 Å². The highest BCUT2D eigenvalue weighted by Gasteiger charge is 2.21. The number of carbonyl (C=O) groups is 1. The van der Waals surface area contributed by atoms with Crippen LogP contribution in [0.1, 0.15) is 31.9 Å². The van der Waals surface area contributed by atoms with Gasteiger partial charge in [0, 0.05) is 23.7 Å².